The summed E-state index contributed by atoms with van der Waals surface area (Å²) in [6.45, 7) is 0.509. The minimum Gasteiger partial charge on any atom is -0.434 e. The largest absolute Gasteiger partial charge is 0.434 e. The number of carbonyl (C=O) groups excluding carboxylic acids is 1. The Morgan fingerprint density at radius 1 is 1.38 bits per heavy atom. The van der Waals surface area contributed by atoms with Gasteiger partial charge in [-0.15, -0.1) is 0 Å². The van der Waals surface area contributed by atoms with Gasteiger partial charge in [-0.3, -0.25) is 4.79 Å². The lowest BCUT2D eigenvalue weighted by Gasteiger charge is -2.38. The van der Waals surface area contributed by atoms with Crippen LogP contribution in [0.5, 0.6) is 5.75 Å². The van der Waals surface area contributed by atoms with Gasteiger partial charge in [-0.05, 0) is 38.3 Å². The number of amides is 1. The molecule has 132 valence electrons. The third kappa shape index (κ3) is 3.24. The molecule has 1 aromatic carbocycles. The number of alkyl halides is 2. The predicted molar refractivity (Wildman–Crippen MR) is 86.9 cm³/mol. The number of hydrogen-bond donors (Lipinski definition) is 2. The first-order valence-electron chi connectivity index (χ1n) is 8.58. The molecule has 4 nitrogen and oxygen atoms in total. The molecule has 1 saturated heterocycles. The summed E-state index contributed by atoms with van der Waals surface area (Å²) in [5.41, 5.74) is 0.214. The van der Waals surface area contributed by atoms with Crippen molar-refractivity contribution in [3.63, 3.8) is 0 Å². The summed E-state index contributed by atoms with van der Waals surface area (Å²) < 4.78 is 29.7. The van der Waals surface area contributed by atoms with Crippen molar-refractivity contribution in [3.05, 3.63) is 29.8 Å². The van der Waals surface area contributed by atoms with Gasteiger partial charge in [-0.1, -0.05) is 31.0 Å². The zero-order valence-corrected chi connectivity index (χ0v) is 13.9. The van der Waals surface area contributed by atoms with Crippen molar-refractivity contribution in [1.29, 1.82) is 0 Å². The summed E-state index contributed by atoms with van der Waals surface area (Å²) in [6, 6.07) is 6.24. The van der Waals surface area contributed by atoms with Crippen LogP contribution in [0.3, 0.4) is 0 Å². The zero-order valence-electron chi connectivity index (χ0n) is 13.9. The normalized spacial score (nSPS) is 27.6. The van der Waals surface area contributed by atoms with Crippen LogP contribution in [0.15, 0.2) is 24.3 Å². The zero-order chi connectivity index (χ0) is 17.2. The van der Waals surface area contributed by atoms with Crippen molar-refractivity contribution in [2.24, 2.45) is 11.3 Å². The molecule has 2 aliphatic rings. The monoisotopic (exact) mass is 338 g/mol. The van der Waals surface area contributed by atoms with Crippen LogP contribution in [-0.4, -0.2) is 25.6 Å². The first-order valence-corrected chi connectivity index (χ1v) is 8.58. The second-order valence-corrected chi connectivity index (χ2v) is 6.84. The molecule has 2 fully saturated rings. The number of para-hydroxylation sites is 1. The summed E-state index contributed by atoms with van der Waals surface area (Å²) >= 11 is 0. The maximum absolute atomic E-state index is 13.0. The molecule has 1 unspecified atom stereocenters. The van der Waals surface area contributed by atoms with Gasteiger partial charge in [-0.2, -0.15) is 8.78 Å². The minimum atomic E-state index is -2.88. The maximum atomic E-state index is 13.0. The van der Waals surface area contributed by atoms with Gasteiger partial charge >= 0.3 is 6.61 Å². The Hall–Kier alpha value is -1.69. The highest BCUT2D eigenvalue weighted by atomic mass is 19.3. The van der Waals surface area contributed by atoms with Gasteiger partial charge in [0.2, 0.25) is 5.91 Å². The highest BCUT2D eigenvalue weighted by molar-refractivity contribution is 5.84. The number of benzene rings is 1. The average Bonchev–Trinajstić information content (AvgIpc) is 3.00. The first kappa shape index (κ1) is 17.1. The van der Waals surface area contributed by atoms with Crippen LogP contribution in [-0.2, 0) is 4.79 Å². The molecule has 1 aliphatic carbocycles. The topological polar surface area (TPSA) is 50.4 Å². The van der Waals surface area contributed by atoms with Crippen LogP contribution in [0, 0.1) is 11.3 Å². The number of ether oxygens (including phenoxy) is 1. The highest BCUT2D eigenvalue weighted by Gasteiger charge is 2.50. The molecule has 3 atom stereocenters. The Labute approximate surface area is 141 Å². The van der Waals surface area contributed by atoms with Crippen molar-refractivity contribution in [3.8, 4) is 5.75 Å². The van der Waals surface area contributed by atoms with Crippen LogP contribution in [0.1, 0.15) is 44.2 Å². The number of hydrogen-bond acceptors (Lipinski definition) is 3. The summed E-state index contributed by atoms with van der Waals surface area (Å²) in [6.07, 6.45) is 4.19. The lowest BCUT2D eigenvalue weighted by Crippen LogP contribution is -2.48. The van der Waals surface area contributed by atoms with Gasteiger partial charge in [0.25, 0.3) is 0 Å². The Morgan fingerprint density at radius 2 is 2.17 bits per heavy atom. The van der Waals surface area contributed by atoms with E-state index in [0.29, 0.717) is 18.0 Å². The summed E-state index contributed by atoms with van der Waals surface area (Å²) in [7, 11) is 0. The van der Waals surface area contributed by atoms with E-state index in [0.717, 1.165) is 25.8 Å². The van der Waals surface area contributed by atoms with E-state index in [1.165, 1.54) is 12.5 Å². The fraction of sp³-hybridized carbons (Fsp3) is 0.611. The van der Waals surface area contributed by atoms with Gasteiger partial charge in [0.15, 0.2) is 0 Å². The highest BCUT2D eigenvalue weighted by Crippen LogP contribution is 2.44. The van der Waals surface area contributed by atoms with Crippen LogP contribution >= 0.6 is 0 Å². The molecule has 3 rings (SSSR count). The molecular formula is C18H24F2N2O2. The van der Waals surface area contributed by atoms with Crippen LogP contribution < -0.4 is 15.4 Å². The quantitative estimate of drug-likeness (QED) is 0.866. The number of halogens is 2. The third-order valence-electron chi connectivity index (χ3n) is 5.44. The molecule has 1 aromatic rings. The SMILES string of the molecule is CC(NC(=O)[C@@]12CCCC[C@H]1CNC2)c1ccccc1OC(F)F. The molecule has 2 N–H and O–H groups in total. The second-order valence-electron chi connectivity index (χ2n) is 6.84. The van der Waals surface area contributed by atoms with Crippen molar-refractivity contribution in [2.75, 3.05) is 13.1 Å². The maximum Gasteiger partial charge on any atom is 0.387 e. The summed E-state index contributed by atoms with van der Waals surface area (Å²) in [5, 5.41) is 6.39. The van der Waals surface area contributed by atoms with Gasteiger partial charge in [0.1, 0.15) is 5.75 Å². The van der Waals surface area contributed by atoms with Crippen molar-refractivity contribution in [2.45, 2.75) is 45.3 Å². The van der Waals surface area contributed by atoms with Crippen LogP contribution in [0.4, 0.5) is 8.78 Å². The fourth-order valence-electron chi connectivity index (χ4n) is 4.15. The Kier molecular flexibility index (Phi) is 5.04. The molecule has 0 spiro atoms. The van der Waals surface area contributed by atoms with E-state index < -0.39 is 6.61 Å². The molecule has 1 amide bonds. The molecule has 0 radical (unpaired) electrons. The van der Waals surface area contributed by atoms with E-state index in [-0.39, 0.29) is 23.1 Å². The fourth-order valence-corrected chi connectivity index (χ4v) is 4.15. The summed E-state index contributed by atoms with van der Waals surface area (Å²) in [4.78, 5) is 13.0. The lowest BCUT2D eigenvalue weighted by molar-refractivity contribution is -0.134. The molecule has 0 bridgehead atoms. The number of carbonyl (C=O) groups is 1. The standard InChI is InChI=1S/C18H24F2N2O2/c1-12(14-7-2-3-8-15(14)24-17(19)20)22-16(23)18-9-5-4-6-13(18)10-21-11-18/h2-3,7-8,12-13,17,21H,4-6,9-11H2,1H3,(H,22,23)/t12?,13-,18+/m0/s1. The average molecular weight is 338 g/mol. The molecule has 1 heterocycles. The predicted octanol–water partition coefficient (Wildman–Crippen LogP) is 3.25. The molecule has 6 heteroatoms. The van der Waals surface area contributed by atoms with Crippen LogP contribution in [0.25, 0.3) is 0 Å². The van der Waals surface area contributed by atoms with Gasteiger partial charge in [0.05, 0.1) is 11.5 Å². The van der Waals surface area contributed by atoms with Gasteiger partial charge in [0, 0.05) is 12.1 Å². The molecule has 1 aliphatic heterocycles. The Balaban J connectivity index is 1.75. The van der Waals surface area contributed by atoms with E-state index in [4.69, 9.17) is 0 Å². The lowest BCUT2D eigenvalue weighted by atomic mass is 9.67. The van der Waals surface area contributed by atoms with E-state index in [1.54, 1.807) is 18.2 Å². The number of rotatable bonds is 5. The van der Waals surface area contributed by atoms with E-state index >= 15 is 0 Å². The van der Waals surface area contributed by atoms with Crippen molar-refractivity contribution in [1.82, 2.24) is 10.6 Å². The van der Waals surface area contributed by atoms with Gasteiger partial charge < -0.3 is 15.4 Å². The molecule has 0 aromatic heterocycles. The molecule has 24 heavy (non-hydrogen) atoms. The number of nitrogens with one attached hydrogen (secondary N) is 2. The van der Waals surface area contributed by atoms with Gasteiger partial charge in [-0.25, -0.2) is 0 Å². The Morgan fingerprint density at radius 3 is 2.96 bits per heavy atom. The van der Waals surface area contributed by atoms with Crippen molar-refractivity contribution < 1.29 is 18.3 Å². The van der Waals surface area contributed by atoms with E-state index in [9.17, 15) is 13.6 Å². The van der Waals surface area contributed by atoms with E-state index in [1.807, 2.05) is 6.92 Å². The Bertz CT molecular complexity index is 596. The molecule has 1 saturated carbocycles. The van der Waals surface area contributed by atoms with Crippen molar-refractivity contribution >= 4 is 5.91 Å². The van der Waals surface area contributed by atoms with E-state index in [2.05, 4.69) is 15.4 Å². The number of fused-ring (bicyclic) bond motifs is 1. The smallest absolute Gasteiger partial charge is 0.387 e. The molecular weight excluding hydrogens is 314 g/mol. The second kappa shape index (κ2) is 7.05. The minimum absolute atomic E-state index is 0.0246. The van der Waals surface area contributed by atoms with Crippen LogP contribution in [0.2, 0.25) is 0 Å². The first-order chi connectivity index (χ1) is 11.5. The summed E-state index contributed by atoms with van der Waals surface area (Å²) in [5.74, 6) is 0.505. The third-order valence-corrected chi connectivity index (χ3v) is 5.44.